The molecule has 0 radical (unpaired) electrons. The van der Waals surface area contributed by atoms with Crippen molar-refractivity contribution >= 4 is 23.1 Å². The van der Waals surface area contributed by atoms with Crippen molar-refractivity contribution in [1.29, 1.82) is 0 Å². The maximum atomic E-state index is 11.2. The molecular formula is C11H12N4OS. The summed E-state index contributed by atoms with van der Waals surface area (Å²) in [5.41, 5.74) is 5.66. The number of carbonyl (C=O) groups excluding carboxylic acids is 1. The zero-order chi connectivity index (χ0) is 12.3. The van der Waals surface area contributed by atoms with Crippen LogP contribution in [0.15, 0.2) is 29.9 Å². The molecule has 0 saturated carbocycles. The van der Waals surface area contributed by atoms with Gasteiger partial charge in [0.05, 0.1) is 11.6 Å². The van der Waals surface area contributed by atoms with E-state index in [1.165, 1.54) is 0 Å². The second-order valence-corrected chi connectivity index (χ2v) is 4.43. The number of pyridine rings is 1. The summed E-state index contributed by atoms with van der Waals surface area (Å²) < 4.78 is 0. The molecule has 17 heavy (non-hydrogen) atoms. The number of hydrogen-bond acceptors (Lipinski definition) is 5. The number of primary amides is 1. The lowest BCUT2D eigenvalue weighted by Crippen LogP contribution is -2.16. The first-order valence-corrected chi connectivity index (χ1v) is 5.97. The Kier molecular flexibility index (Phi) is 3.34. The van der Waals surface area contributed by atoms with Crippen molar-refractivity contribution in [1.82, 2.24) is 9.97 Å². The van der Waals surface area contributed by atoms with Crippen LogP contribution >= 0.6 is 11.3 Å². The minimum absolute atomic E-state index is 0.0111. The minimum atomic E-state index is -0.494. The van der Waals surface area contributed by atoms with Crippen LogP contribution in [0, 0.1) is 0 Å². The van der Waals surface area contributed by atoms with Crippen LogP contribution in [0.5, 0.6) is 0 Å². The molecule has 0 aliphatic rings. The largest absolute Gasteiger partial charge is 0.365 e. The number of nitrogens with zero attached hydrogens (tertiary/aromatic N) is 2. The second kappa shape index (κ2) is 4.92. The number of carbonyl (C=O) groups is 1. The topological polar surface area (TPSA) is 80.9 Å². The van der Waals surface area contributed by atoms with Crippen LogP contribution in [0.1, 0.15) is 28.3 Å². The summed E-state index contributed by atoms with van der Waals surface area (Å²) in [6, 6.07) is 3.31. The molecule has 5 nitrogen and oxygen atoms in total. The van der Waals surface area contributed by atoms with Crippen LogP contribution in [0.25, 0.3) is 0 Å². The second-order valence-electron chi connectivity index (χ2n) is 3.50. The van der Waals surface area contributed by atoms with Crippen LogP contribution in [-0.4, -0.2) is 15.9 Å². The number of anilines is 1. The molecule has 0 bridgehead atoms. The zero-order valence-corrected chi connectivity index (χ0v) is 10.1. The van der Waals surface area contributed by atoms with Gasteiger partial charge in [0.2, 0.25) is 0 Å². The van der Waals surface area contributed by atoms with Crippen molar-refractivity contribution in [2.24, 2.45) is 5.73 Å². The first-order chi connectivity index (χ1) is 8.18. The molecule has 1 amide bonds. The van der Waals surface area contributed by atoms with Crippen molar-refractivity contribution in [3.63, 3.8) is 0 Å². The minimum Gasteiger partial charge on any atom is -0.365 e. The molecule has 3 N–H and O–H groups in total. The lowest BCUT2D eigenvalue weighted by molar-refractivity contribution is 0.100. The summed E-state index contributed by atoms with van der Waals surface area (Å²) in [4.78, 5) is 19.5. The van der Waals surface area contributed by atoms with Gasteiger partial charge in [-0.1, -0.05) is 0 Å². The maximum Gasteiger partial charge on any atom is 0.252 e. The normalized spacial score (nSPS) is 12.1. The Bertz CT molecular complexity index is 512. The van der Waals surface area contributed by atoms with Crippen LogP contribution in [0.3, 0.4) is 0 Å². The van der Waals surface area contributed by atoms with Gasteiger partial charge in [-0.3, -0.25) is 4.79 Å². The molecule has 2 rings (SSSR count). The highest BCUT2D eigenvalue weighted by Crippen LogP contribution is 2.21. The fourth-order valence-corrected chi connectivity index (χ4v) is 2.08. The number of amides is 1. The Morgan fingerprint density at radius 3 is 2.94 bits per heavy atom. The average Bonchev–Trinajstić information content (AvgIpc) is 2.83. The van der Waals surface area contributed by atoms with Crippen molar-refractivity contribution in [3.8, 4) is 0 Å². The van der Waals surface area contributed by atoms with E-state index in [-0.39, 0.29) is 6.04 Å². The molecule has 1 atom stereocenters. The molecule has 0 aromatic carbocycles. The molecule has 2 aromatic heterocycles. The van der Waals surface area contributed by atoms with Gasteiger partial charge in [-0.25, -0.2) is 9.97 Å². The number of aromatic nitrogens is 2. The van der Waals surface area contributed by atoms with E-state index in [4.69, 9.17) is 5.73 Å². The molecule has 88 valence electrons. The van der Waals surface area contributed by atoms with E-state index < -0.39 is 5.91 Å². The highest BCUT2D eigenvalue weighted by Gasteiger charge is 2.13. The third-order valence-corrected chi connectivity index (χ3v) is 3.21. The molecule has 0 spiro atoms. The van der Waals surface area contributed by atoms with Crippen molar-refractivity contribution < 1.29 is 4.79 Å². The van der Waals surface area contributed by atoms with Gasteiger partial charge in [0.25, 0.3) is 5.91 Å². The van der Waals surface area contributed by atoms with Crippen LogP contribution in [0.4, 0.5) is 5.82 Å². The highest BCUT2D eigenvalue weighted by molar-refractivity contribution is 7.09. The van der Waals surface area contributed by atoms with E-state index in [0.29, 0.717) is 11.4 Å². The van der Waals surface area contributed by atoms with Crippen molar-refractivity contribution in [2.45, 2.75) is 13.0 Å². The van der Waals surface area contributed by atoms with E-state index in [0.717, 1.165) is 5.01 Å². The maximum absolute atomic E-state index is 11.2. The van der Waals surface area contributed by atoms with Crippen LogP contribution in [0.2, 0.25) is 0 Å². The molecule has 2 heterocycles. The predicted octanol–water partition coefficient (Wildman–Crippen LogP) is 1.81. The van der Waals surface area contributed by atoms with Gasteiger partial charge in [-0.15, -0.1) is 11.3 Å². The van der Waals surface area contributed by atoms with E-state index in [1.54, 1.807) is 35.9 Å². The Hall–Kier alpha value is -1.95. The monoisotopic (exact) mass is 248 g/mol. The number of rotatable bonds is 4. The SMILES string of the molecule is CC(Nc1ncccc1C(N)=O)c1nccs1. The van der Waals surface area contributed by atoms with E-state index in [1.807, 2.05) is 12.3 Å². The smallest absolute Gasteiger partial charge is 0.252 e. The molecular weight excluding hydrogens is 236 g/mol. The third-order valence-electron chi connectivity index (χ3n) is 2.25. The molecule has 1 unspecified atom stereocenters. The average molecular weight is 248 g/mol. The first-order valence-electron chi connectivity index (χ1n) is 5.09. The first kappa shape index (κ1) is 11.5. The van der Waals surface area contributed by atoms with E-state index >= 15 is 0 Å². The summed E-state index contributed by atoms with van der Waals surface area (Å²) in [5, 5.41) is 5.97. The number of nitrogens with two attached hydrogens (primary N) is 1. The lowest BCUT2D eigenvalue weighted by atomic mass is 10.2. The summed E-state index contributed by atoms with van der Waals surface area (Å²) in [7, 11) is 0. The molecule has 6 heteroatoms. The fraction of sp³-hybridized carbons (Fsp3) is 0.182. The van der Waals surface area contributed by atoms with Gasteiger partial charge < -0.3 is 11.1 Å². The van der Waals surface area contributed by atoms with Gasteiger partial charge in [-0.05, 0) is 19.1 Å². The van der Waals surface area contributed by atoms with Gasteiger partial charge in [0.1, 0.15) is 10.8 Å². The van der Waals surface area contributed by atoms with Crippen molar-refractivity contribution in [3.05, 3.63) is 40.5 Å². The van der Waals surface area contributed by atoms with Gasteiger partial charge in [0, 0.05) is 17.8 Å². The zero-order valence-electron chi connectivity index (χ0n) is 9.25. The molecule has 2 aromatic rings. The Labute approximate surface area is 103 Å². The predicted molar refractivity (Wildman–Crippen MR) is 66.9 cm³/mol. The van der Waals surface area contributed by atoms with Gasteiger partial charge in [0.15, 0.2) is 0 Å². The summed E-state index contributed by atoms with van der Waals surface area (Å²) in [5.74, 6) is -0.00496. The van der Waals surface area contributed by atoms with Crippen molar-refractivity contribution in [2.75, 3.05) is 5.32 Å². The summed E-state index contributed by atoms with van der Waals surface area (Å²) in [6.45, 7) is 1.96. The van der Waals surface area contributed by atoms with E-state index in [9.17, 15) is 4.79 Å². The van der Waals surface area contributed by atoms with E-state index in [2.05, 4.69) is 15.3 Å². The summed E-state index contributed by atoms with van der Waals surface area (Å²) >= 11 is 1.55. The third kappa shape index (κ3) is 2.59. The number of hydrogen-bond donors (Lipinski definition) is 2. The Morgan fingerprint density at radius 2 is 2.29 bits per heavy atom. The van der Waals surface area contributed by atoms with Gasteiger partial charge in [-0.2, -0.15) is 0 Å². The molecule has 0 aliphatic carbocycles. The van der Waals surface area contributed by atoms with Gasteiger partial charge >= 0.3 is 0 Å². The highest BCUT2D eigenvalue weighted by atomic mass is 32.1. The summed E-state index contributed by atoms with van der Waals surface area (Å²) in [6.07, 6.45) is 3.36. The lowest BCUT2D eigenvalue weighted by Gasteiger charge is -2.13. The number of nitrogens with one attached hydrogen (secondary N) is 1. The number of thiazole rings is 1. The Morgan fingerprint density at radius 1 is 1.47 bits per heavy atom. The van der Waals surface area contributed by atoms with Crippen LogP contribution in [-0.2, 0) is 0 Å². The molecule has 0 saturated heterocycles. The fourth-order valence-electron chi connectivity index (χ4n) is 1.43. The van der Waals surface area contributed by atoms with Crippen LogP contribution < -0.4 is 11.1 Å². The quantitative estimate of drug-likeness (QED) is 0.864. The molecule has 0 aliphatic heterocycles. The molecule has 0 fully saturated rings. The standard InChI is InChI=1S/C11H12N4OS/c1-7(11-14-5-6-17-11)15-10-8(9(12)16)3-2-4-13-10/h2-7H,1H3,(H2,12,16)(H,13,15). The Balaban J connectivity index is 2.21.